The van der Waals surface area contributed by atoms with Crippen molar-refractivity contribution < 1.29 is 23.8 Å². The molecule has 3 aromatic rings. The maximum Gasteiger partial charge on any atom is 0.262 e. The number of methoxy groups -OCH3 is 1. The summed E-state index contributed by atoms with van der Waals surface area (Å²) in [6, 6.07) is 12.4. The number of hydrogen-bond donors (Lipinski definition) is 1. The van der Waals surface area contributed by atoms with Gasteiger partial charge in [0.25, 0.3) is 5.91 Å². The number of nitrogens with one attached hydrogen (secondary N) is 1. The van der Waals surface area contributed by atoms with E-state index < -0.39 is 0 Å². The van der Waals surface area contributed by atoms with Crippen molar-refractivity contribution in [2.45, 2.75) is 13.8 Å². The van der Waals surface area contributed by atoms with Gasteiger partial charge < -0.3 is 19.5 Å². The Balaban J connectivity index is 1.67. The van der Waals surface area contributed by atoms with Gasteiger partial charge in [0.15, 0.2) is 23.9 Å². The van der Waals surface area contributed by atoms with Gasteiger partial charge in [-0.1, -0.05) is 24.3 Å². The van der Waals surface area contributed by atoms with Gasteiger partial charge in [-0.15, -0.1) is 0 Å². The smallest absolute Gasteiger partial charge is 0.262 e. The molecule has 0 saturated heterocycles. The molecule has 33 heavy (non-hydrogen) atoms. The van der Waals surface area contributed by atoms with E-state index in [0.29, 0.717) is 40.8 Å². The van der Waals surface area contributed by atoms with Crippen molar-refractivity contribution in [3.8, 4) is 17.2 Å². The number of hydrogen-bond acceptors (Lipinski definition) is 6. The molecule has 1 amide bonds. The fourth-order valence-electron chi connectivity index (χ4n) is 3.20. The zero-order chi connectivity index (χ0) is 23.8. The number of ketones is 1. The summed E-state index contributed by atoms with van der Waals surface area (Å²) in [6.07, 6.45) is 4.90. The number of aromatic nitrogens is 2. The number of aryl methyl sites for hydroxylation is 2. The first-order valence-corrected chi connectivity index (χ1v) is 10.5. The van der Waals surface area contributed by atoms with Crippen LogP contribution in [0.25, 0.3) is 6.08 Å². The first kappa shape index (κ1) is 23.6. The molecule has 0 spiro atoms. The highest BCUT2D eigenvalue weighted by Gasteiger charge is 2.12. The summed E-state index contributed by atoms with van der Waals surface area (Å²) in [5.74, 6) is 1.01. The van der Waals surface area contributed by atoms with Crippen molar-refractivity contribution in [3.05, 3.63) is 71.6 Å². The molecule has 1 aromatic heterocycles. The first-order chi connectivity index (χ1) is 15.9. The lowest BCUT2D eigenvalue weighted by molar-refractivity contribution is -0.118. The van der Waals surface area contributed by atoms with Crippen LogP contribution < -0.4 is 19.5 Å². The third kappa shape index (κ3) is 6.22. The molecular weight excluding hydrogens is 422 g/mol. The molecule has 0 aliphatic rings. The van der Waals surface area contributed by atoms with Gasteiger partial charge in [0.1, 0.15) is 5.75 Å². The molecular formula is C25H27N3O5. The lowest BCUT2D eigenvalue weighted by Gasteiger charge is -2.13. The molecule has 0 saturated carbocycles. The summed E-state index contributed by atoms with van der Waals surface area (Å²) in [4.78, 5) is 24.8. The topological polar surface area (TPSA) is 91.7 Å². The predicted octanol–water partition coefficient (Wildman–Crippen LogP) is 4.05. The van der Waals surface area contributed by atoms with Gasteiger partial charge in [-0.3, -0.25) is 14.3 Å². The minimum absolute atomic E-state index is 0.133. The van der Waals surface area contributed by atoms with E-state index in [4.69, 9.17) is 14.2 Å². The highest BCUT2D eigenvalue weighted by Crippen LogP contribution is 2.29. The molecule has 0 unspecified atom stereocenters. The number of carbonyl (C=O) groups excluding carboxylic acids is 2. The molecule has 3 rings (SSSR count). The first-order valence-electron chi connectivity index (χ1n) is 10.5. The highest BCUT2D eigenvalue weighted by atomic mass is 16.5. The lowest BCUT2D eigenvalue weighted by atomic mass is 10.1. The molecule has 0 aliphatic carbocycles. The molecule has 0 aliphatic heterocycles. The number of carbonyl (C=O) groups is 2. The second-order valence-electron chi connectivity index (χ2n) is 7.18. The lowest BCUT2D eigenvalue weighted by Crippen LogP contribution is -2.20. The summed E-state index contributed by atoms with van der Waals surface area (Å²) in [5, 5.41) is 6.96. The molecule has 0 fully saturated rings. The fraction of sp³-hybridized carbons (Fsp3) is 0.240. The van der Waals surface area contributed by atoms with Crippen LogP contribution in [0.15, 0.2) is 54.7 Å². The van der Waals surface area contributed by atoms with Gasteiger partial charge in [0.05, 0.1) is 30.7 Å². The van der Waals surface area contributed by atoms with E-state index in [1.54, 1.807) is 67.3 Å². The van der Waals surface area contributed by atoms with Crippen LogP contribution in [0.5, 0.6) is 17.2 Å². The molecule has 1 heterocycles. The Morgan fingerprint density at radius 1 is 1.09 bits per heavy atom. The number of para-hydroxylation sites is 2. The molecule has 0 atom stereocenters. The van der Waals surface area contributed by atoms with Crippen LogP contribution in [0.2, 0.25) is 0 Å². The van der Waals surface area contributed by atoms with Crippen molar-refractivity contribution in [3.63, 3.8) is 0 Å². The second-order valence-corrected chi connectivity index (χ2v) is 7.18. The summed E-state index contributed by atoms with van der Waals surface area (Å²) in [6.45, 7) is 3.87. The zero-order valence-electron chi connectivity index (χ0n) is 19.1. The van der Waals surface area contributed by atoms with Gasteiger partial charge in [0, 0.05) is 13.2 Å². The summed E-state index contributed by atoms with van der Waals surface area (Å²) < 4.78 is 18.2. The van der Waals surface area contributed by atoms with E-state index in [0.717, 1.165) is 5.56 Å². The van der Waals surface area contributed by atoms with Crippen molar-refractivity contribution >= 4 is 23.5 Å². The van der Waals surface area contributed by atoms with Crippen LogP contribution in [0.3, 0.4) is 0 Å². The van der Waals surface area contributed by atoms with Crippen LogP contribution in [0.4, 0.5) is 5.69 Å². The number of rotatable bonds is 10. The van der Waals surface area contributed by atoms with Gasteiger partial charge >= 0.3 is 0 Å². The summed E-state index contributed by atoms with van der Waals surface area (Å²) in [7, 11) is 3.31. The average molecular weight is 450 g/mol. The van der Waals surface area contributed by atoms with Crippen molar-refractivity contribution in [2.75, 3.05) is 25.6 Å². The van der Waals surface area contributed by atoms with E-state index in [-0.39, 0.29) is 18.3 Å². The quantitative estimate of drug-likeness (QED) is 0.371. The zero-order valence-corrected chi connectivity index (χ0v) is 19.1. The Hall–Kier alpha value is -4.07. The minimum Gasteiger partial charge on any atom is -0.495 e. The van der Waals surface area contributed by atoms with E-state index in [1.165, 1.54) is 13.2 Å². The molecule has 8 nitrogen and oxygen atoms in total. The van der Waals surface area contributed by atoms with Crippen LogP contribution in [-0.2, 0) is 11.8 Å². The number of allylic oxidation sites excluding steroid dienone is 1. The van der Waals surface area contributed by atoms with E-state index in [9.17, 15) is 9.59 Å². The molecule has 8 heteroatoms. The Morgan fingerprint density at radius 2 is 1.88 bits per heavy atom. The number of benzene rings is 2. The van der Waals surface area contributed by atoms with Crippen LogP contribution in [0.1, 0.15) is 28.5 Å². The van der Waals surface area contributed by atoms with Crippen molar-refractivity contribution in [1.29, 1.82) is 0 Å². The van der Waals surface area contributed by atoms with E-state index in [1.807, 2.05) is 13.0 Å². The summed E-state index contributed by atoms with van der Waals surface area (Å²) in [5.41, 5.74) is 2.56. The Labute approximate surface area is 192 Å². The third-order valence-electron chi connectivity index (χ3n) is 4.71. The highest BCUT2D eigenvalue weighted by molar-refractivity contribution is 6.07. The Morgan fingerprint density at radius 3 is 2.58 bits per heavy atom. The monoisotopic (exact) mass is 449 g/mol. The maximum absolute atomic E-state index is 12.5. The van der Waals surface area contributed by atoms with Crippen molar-refractivity contribution in [2.24, 2.45) is 7.05 Å². The SMILES string of the molecule is CCOc1cc(/C=C/C(=O)c2cn(C)nc2C)ccc1OCC(=O)Nc1ccccc1OC. The van der Waals surface area contributed by atoms with Gasteiger partial charge in [-0.25, -0.2) is 0 Å². The van der Waals surface area contributed by atoms with Crippen LogP contribution in [0, 0.1) is 6.92 Å². The number of nitrogens with zero attached hydrogens (tertiary/aromatic N) is 2. The van der Waals surface area contributed by atoms with Gasteiger partial charge in [0.2, 0.25) is 0 Å². The number of anilines is 1. The molecule has 172 valence electrons. The van der Waals surface area contributed by atoms with Crippen molar-refractivity contribution in [1.82, 2.24) is 9.78 Å². The standard InChI is InChI=1S/C25H27N3O5/c1-5-32-24-14-18(10-12-21(29)19-15-28(3)27-17(19)2)11-13-23(24)33-16-25(30)26-20-8-6-7-9-22(20)31-4/h6-15H,5,16H2,1-4H3,(H,26,30)/b12-10+. The van der Waals surface area contributed by atoms with Crippen LogP contribution in [-0.4, -0.2) is 41.8 Å². The number of amides is 1. The Kier molecular flexibility index (Phi) is 7.86. The van der Waals surface area contributed by atoms with Crippen LogP contribution >= 0.6 is 0 Å². The number of ether oxygens (including phenoxy) is 3. The largest absolute Gasteiger partial charge is 0.495 e. The normalized spacial score (nSPS) is 10.8. The van der Waals surface area contributed by atoms with E-state index >= 15 is 0 Å². The summed E-state index contributed by atoms with van der Waals surface area (Å²) >= 11 is 0. The average Bonchev–Trinajstić information content (AvgIpc) is 3.15. The molecule has 2 aromatic carbocycles. The molecule has 0 bridgehead atoms. The maximum atomic E-state index is 12.5. The predicted molar refractivity (Wildman–Crippen MR) is 126 cm³/mol. The fourth-order valence-corrected chi connectivity index (χ4v) is 3.20. The van der Waals surface area contributed by atoms with Gasteiger partial charge in [-0.05, 0) is 49.8 Å². The third-order valence-corrected chi connectivity index (χ3v) is 4.71. The van der Waals surface area contributed by atoms with E-state index in [2.05, 4.69) is 10.4 Å². The molecule has 1 N–H and O–H groups in total. The van der Waals surface area contributed by atoms with Gasteiger partial charge in [-0.2, -0.15) is 5.10 Å². The second kappa shape index (κ2) is 11.0. The molecule has 0 radical (unpaired) electrons. The minimum atomic E-state index is -0.330. The Bertz CT molecular complexity index is 1170.